The zero-order valence-electron chi connectivity index (χ0n) is 11.5. The van der Waals surface area contributed by atoms with E-state index in [1.165, 1.54) is 23.2 Å². The van der Waals surface area contributed by atoms with Crippen molar-refractivity contribution in [2.45, 2.75) is 32.7 Å². The number of anilines is 1. The van der Waals surface area contributed by atoms with E-state index in [2.05, 4.69) is 83.6 Å². The topological polar surface area (TPSA) is 12.0 Å². The van der Waals surface area contributed by atoms with Crippen LogP contribution in [-0.2, 0) is 6.54 Å². The summed E-state index contributed by atoms with van der Waals surface area (Å²) in [6, 6.07) is 17.2. The van der Waals surface area contributed by atoms with Crippen molar-refractivity contribution in [1.82, 2.24) is 0 Å². The van der Waals surface area contributed by atoms with Crippen LogP contribution in [-0.4, -0.2) is 0 Å². The molecule has 0 aliphatic heterocycles. The van der Waals surface area contributed by atoms with Gasteiger partial charge in [0.15, 0.2) is 0 Å². The van der Waals surface area contributed by atoms with Gasteiger partial charge in [0.1, 0.15) is 0 Å². The van der Waals surface area contributed by atoms with E-state index in [0.717, 1.165) is 11.0 Å². The lowest BCUT2D eigenvalue weighted by Gasteiger charge is -2.11. The number of rotatable bonds is 5. The Labute approximate surface area is 124 Å². The van der Waals surface area contributed by atoms with E-state index in [4.69, 9.17) is 0 Å². The molecule has 0 fully saturated rings. The number of hydrogen-bond acceptors (Lipinski definition) is 1. The highest BCUT2D eigenvalue weighted by molar-refractivity contribution is 9.10. The second-order valence-electron chi connectivity index (χ2n) is 4.91. The van der Waals surface area contributed by atoms with Crippen LogP contribution in [0.2, 0.25) is 0 Å². The standard InChI is InChI=1S/C17H20BrN/c1-3-13(2)15-6-10-17(11-7-15)19-12-14-4-8-16(18)9-5-14/h4-11,13,19H,3,12H2,1-2H3. The van der Waals surface area contributed by atoms with Crippen LogP contribution in [0.4, 0.5) is 5.69 Å². The van der Waals surface area contributed by atoms with Crippen LogP contribution in [0.5, 0.6) is 0 Å². The van der Waals surface area contributed by atoms with Gasteiger partial charge in [-0.3, -0.25) is 0 Å². The molecule has 100 valence electrons. The predicted octanol–water partition coefficient (Wildman–Crippen LogP) is 5.57. The Morgan fingerprint density at radius 3 is 2.21 bits per heavy atom. The van der Waals surface area contributed by atoms with Crippen molar-refractivity contribution < 1.29 is 0 Å². The Hall–Kier alpha value is -1.28. The summed E-state index contributed by atoms with van der Waals surface area (Å²) in [5.74, 6) is 0.639. The number of halogens is 1. The van der Waals surface area contributed by atoms with Crippen molar-refractivity contribution in [2.75, 3.05) is 5.32 Å². The molecule has 2 heteroatoms. The molecule has 0 heterocycles. The van der Waals surface area contributed by atoms with E-state index < -0.39 is 0 Å². The van der Waals surface area contributed by atoms with Crippen LogP contribution in [0, 0.1) is 0 Å². The van der Waals surface area contributed by atoms with Crippen LogP contribution in [0.15, 0.2) is 53.0 Å². The maximum atomic E-state index is 3.45. The highest BCUT2D eigenvalue weighted by Gasteiger charge is 2.02. The minimum atomic E-state index is 0.639. The highest BCUT2D eigenvalue weighted by Crippen LogP contribution is 2.21. The monoisotopic (exact) mass is 317 g/mol. The minimum absolute atomic E-state index is 0.639. The molecule has 0 spiro atoms. The smallest absolute Gasteiger partial charge is 0.0400 e. The van der Waals surface area contributed by atoms with E-state index >= 15 is 0 Å². The third-order valence-electron chi connectivity index (χ3n) is 3.50. The van der Waals surface area contributed by atoms with E-state index in [9.17, 15) is 0 Å². The average Bonchev–Trinajstić information content (AvgIpc) is 2.46. The summed E-state index contributed by atoms with van der Waals surface area (Å²) in [5, 5.41) is 3.45. The summed E-state index contributed by atoms with van der Waals surface area (Å²) in [7, 11) is 0. The first-order chi connectivity index (χ1) is 9.19. The summed E-state index contributed by atoms with van der Waals surface area (Å²) in [6.45, 7) is 5.35. The summed E-state index contributed by atoms with van der Waals surface area (Å²) < 4.78 is 1.12. The molecule has 1 unspecified atom stereocenters. The summed E-state index contributed by atoms with van der Waals surface area (Å²) in [5.41, 5.74) is 3.88. The quantitative estimate of drug-likeness (QED) is 0.759. The molecule has 0 aromatic heterocycles. The van der Waals surface area contributed by atoms with Crippen molar-refractivity contribution in [1.29, 1.82) is 0 Å². The molecule has 0 saturated carbocycles. The summed E-state index contributed by atoms with van der Waals surface area (Å²) >= 11 is 3.45. The van der Waals surface area contributed by atoms with Crippen molar-refractivity contribution >= 4 is 21.6 Å². The van der Waals surface area contributed by atoms with E-state index in [1.54, 1.807) is 0 Å². The van der Waals surface area contributed by atoms with E-state index in [-0.39, 0.29) is 0 Å². The maximum absolute atomic E-state index is 3.45. The molecule has 0 radical (unpaired) electrons. The molecule has 2 rings (SSSR count). The number of nitrogens with one attached hydrogen (secondary N) is 1. The molecular weight excluding hydrogens is 298 g/mol. The Balaban J connectivity index is 1.94. The number of hydrogen-bond donors (Lipinski definition) is 1. The van der Waals surface area contributed by atoms with Gasteiger partial charge in [-0.05, 0) is 47.7 Å². The molecule has 0 aliphatic carbocycles. The van der Waals surface area contributed by atoms with Gasteiger partial charge in [-0.2, -0.15) is 0 Å². The fourth-order valence-corrected chi connectivity index (χ4v) is 2.24. The van der Waals surface area contributed by atoms with Gasteiger partial charge >= 0.3 is 0 Å². The lowest BCUT2D eigenvalue weighted by molar-refractivity contribution is 0.734. The van der Waals surface area contributed by atoms with Gasteiger partial charge in [-0.15, -0.1) is 0 Å². The van der Waals surface area contributed by atoms with Crippen LogP contribution in [0.1, 0.15) is 37.3 Å². The molecule has 0 aliphatic rings. The van der Waals surface area contributed by atoms with Crippen molar-refractivity contribution in [3.05, 3.63) is 64.1 Å². The molecule has 0 bridgehead atoms. The van der Waals surface area contributed by atoms with Crippen molar-refractivity contribution in [3.63, 3.8) is 0 Å². The zero-order valence-corrected chi connectivity index (χ0v) is 13.1. The van der Waals surface area contributed by atoms with Gasteiger partial charge in [0.25, 0.3) is 0 Å². The van der Waals surface area contributed by atoms with Crippen LogP contribution >= 0.6 is 15.9 Å². The first kappa shape index (κ1) is 14.1. The highest BCUT2D eigenvalue weighted by atomic mass is 79.9. The van der Waals surface area contributed by atoms with Crippen LogP contribution in [0.3, 0.4) is 0 Å². The van der Waals surface area contributed by atoms with E-state index in [1.807, 2.05) is 0 Å². The second-order valence-corrected chi connectivity index (χ2v) is 5.83. The molecule has 1 nitrogen and oxygen atoms in total. The van der Waals surface area contributed by atoms with Gasteiger partial charge in [-0.25, -0.2) is 0 Å². The fraction of sp³-hybridized carbons (Fsp3) is 0.294. The van der Waals surface area contributed by atoms with Gasteiger partial charge in [0, 0.05) is 16.7 Å². The molecule has 0 saturated heterocycles. The predicted molar refractivity (Wildman–Crippen MR) is 86.6 cm³/mol. The van der Waals surface area contributed by atoms with Gasteiger partial charge in [0.05, 0.1) is 0 Å². The zero-order chi connectivity index (χ0) is 13.7. The minimum Gasteiger partial charge on any atom is -0.381 e. The Morgan fingerprint density at radius 2 is 1.63 bits per heavy atom. The lowest BCUT2D eigenvalue weighted by atomic mass is 9.99. The first-order valence-electron chi connectivity index (χ1n) is 6.77. The number of benzene rings is 2. The van der Waals surface area contributed by atoms with E-state index in [0.29, 0.717) is 5.92 Å². The lowest BCUT2D eigenvalue weighted by Crippen LogP contribution is -1.99. The molecule has 0 amide bonds. The average molecular weight is 318 g/mol. The van der Waals surface area contributed by atoms with Gasteiger partial charge < -0.3 is 5.32 Å². The Kier molecular flexibility index (Phi) is 5.03. The molecular formula is C17H20BrN. The Bertz CT molecular complexity index is 502. The summed E-state index contributed by atoms with van der Waals surface area (Å²) in [4.78, 5) is 0. The normalized spacial score (nSPS) is 12.2. The van der Waals surface area contributed by atoms with Crippen LogP contribution in [0.25, 0.3) is 0 Å². The molecule has 1 atom stereocenters. The van der Waals surface area contributed by atoms with Crippen molar-refractivity contribution in [2.24, 2.45) is 0 Å². The maximum Gasteiger partial charge on any atom is 0.0400 e. The van der Waals surface area contributed by atoms with Crippen LogP contribution < -0.4 is 5.32 Å². The molecule has 2 aromatic rings. The second kappa shape index (κ2) is 6.76. The fourth-order valence-electron chi connectivity index (χ4n) is 1.97. The van der Waals surface area contributed by atoms with Gasteiger partial charge in [0.2, 0.25) is 0 Å². The summed E-state index contributed by atoms with van der Waals surface area (Å²) in [6.07, 6.45) is 1.19. The Morgan fingerprint density at radius 1 is 1.00 bits per heavy atom. The first-order valence-corrected chi connectivity index (χ1v) is 7.56. The molecule has 19 heavy (non-hydrogen) atoms. The molecule has 2 aromatic carbocycles. The van der Waals surface area contributed by atoms with Gasteiger partial charge in [-0.1, -0.05) is 54.0 Å². The van der Waals surface area contributed by atoms with Crippen molar-refractivity contribution in [3.8, 4) is 0 Å². The third-order valence-corrected chi connectivity index (χ3v) is 4.03. The third kappa shape index (κ3) is 4.10. The largest absolute Gasteiger partial charge is 0.381 e. The SMILES string of the molecule is CCC(C)c1ccc(NCc2ccc(Br)cc2)cc1. The molecule has 1 N–H and O–H groups in total.